The summed E-state index contributed by atoms with van der Waals surface area (Å²) in [6.07, 6.45) is 1.53. The average Bonchev–Trinajstić information content (AvgIpc) is 2.96. The van der Waals surface area contributed by atoms with Crippen LogP contribution in [0.15, 0.2) is 24.4 Å². The number of rotatable bonds is 2. The first-order chi connectivity index (χ1) is 11.0. The van der Waals surface area contributed by atoms with Crippen LogP contribution in [0.3, 0.4) is 0 Å². The maximum Gasteiger partial charge on any atom is 0.295 e. The van der Waals surface area contributed by atoms with Crippen molar-refractivity contribution in [2.45, 2.75) is 6.92 Å². The van der Waals surface area contributed by atoms with Crippen LogP contribution in [0.2, 0.25) is 5.02 Å². The molecule has 2 aromatic rings. The van der Waals surface area contributed by atoms with Crippen LogP contribution in [-0.2, 0) is 9.59 Å². The highest BCUT2D eigenvalue weighted by Crippen LogP contribution is 2.23. The number of hydrogen-bond acceptors (Lipinski definition) is 3. The van der Waals surface area contributed by atoms with Crippen LogP contribution in [0.4, 0.5) is 0 Å². The van der Waals surface area contributed by atoms with Crippen molar-refractivity contribution in [3.63, 3.8) is 0 Å². The summed E-state index contributed by atoms with van der Waals surface area (Å²) in [6.45, 7) is 3.16. The minimum absolute atomic E-state index is 0.0167. The molecule has 1 fully saturated rings. The minimum atomic E-state index is -0.546. The Morgan fingerprint density at radius 1 is 1.09 bits per heavy atom. The number of fused-ring (bicyclic) bond motifs is 1. The van der Waals surface area contributed by atoms with E-state index in [1.807, 2.05) is 0 Å². The summed E-state index contributed by atoms with van der Waals surface area (Å²) in [7, 11) is 0. The molecule has 0 aliphatic carbocycles. The van der Waals surface area contributed by atoms with E-state index in [1.165, 1.54) is 18.0 Å². The highest BCUT2D eigenvalue weighted by molar-refractivity contribution is 6.45. The van der Waals surface area contributed by atoms with E-state index in [0.717, 1.165) is 5.52 Å². The number of piperazine rings is 1. The molecule has 120 valence electrons. The number of halogens is 1. The van der Waals surface area contributed by atoms with Crippen molar-refractivity contribution in [2.75, 3.05) is 26.2 Å². The number of aromatic amines is 1. The van der Waals surface area contributed by atoms with Gasteiger partial charge in [-0.3, -0.25) is 14.4 Å². The Kier molecular flexibility index (Phi) is 4.09. The summed E-state index contributed by atoms with van der Waals surface area (Å²) in [5, 5.41) is 1.24. The second-order valence-electron chi connectivity index (χ2n) is 5.52. The SMILES string of the molecule is CC(=O)N1CCN(C(=O)C(=O)c2c[nH]c3cc(Cl)ccc23)CC1. The second kappa shape index (κ2) is 6.04. The quantitative estimate of drug-likeness (QED) is 0.671. The maximum absolute atomic E-state index is 12.5. The fraction of sp³-hybridized carbons (Fsp3) is 0.312. The van der Waals surface area contributed by atoms with Crippen molar-refractivity contribution in [1.82, 2.24) is 14.8 Å². The van der Waals surface area contributed by atoms with Gasteiger partial charge in [-0.2, -0.15) is 0 Å². The lowest BCUT2D eigenvalue weighted by molar-refractivity contribution is -0.135. The van der Waals surface area contributed by atoms with Gasteiger partial charge in [-0.15, -0.1) is 0 Å². The monoisotopic (exact) mass is 333 g/mol. The molecule has 0 radical (unpaired) electrons. The first kappa shape index (κ1) is 15.6. The van der Waals surface area contributed by atoms with Crippen LogP contribution >= 0.6 is 11.6 Å². The van der Waals surface area contributed by atoms with Gasteiger partial charge < -0.3 is 14.8 Å². The van der Waals surface area contributed by atoms with Crippen LogP contribution in [0.25, 0.3) is 10.9 Å². The Balaban J connectivity index is 1.77. The smallest absolute Gasteiger partial charge is 0.295 e. The number of carbonyl (C=O) groups excluding carboxylic acids is 3. The lowest BCUT2D eigenvalue weighted by atomic mass is 10.1. The highest BCUT2D eigenvalue weighted by atomic mass is 35.5. The molecule has 0 saturated carbocycles. The minimum Gasteiger partial charge on any atom is -0.360 e. The van der Waals surface area contributed by atoms with Crippen LogP contribution in [0.1, 0.15) is 17.3 Å². The zero-order chi connectivity index (χ0) is 16.6. The van der Waals surface area contributed by atoms with Crippen LogP contribution in [-0.4, -0.2) is 58.6 Å². The van der Waals surface area contributed by atoms with E-state index in [-0.39, 0.29) is 5.91 Å². The summed E-state index contributed by atoms with van der Waals surface area (Å²) in [6, 6.07) is 5.12. The van der Waals surface area contributed by atoms with Gasteiger partial charge in [0.15, 0.2) is 0 Å². The molecule has 0 bridgehead atoms. The normalized spacial score (nSPS) is 15.0. The van der Waals surface area contributed by atoms with Crippen molar-refractivity contribution >= 4 is 40.1 Å². The number of H-pyrrole nitrogens is 1. The number of amides is 2. The molecular weight excluding hydrogens is 318 g/mol. The summed E-state index contributed by atoms with van der Waals surface area (Å²) in [5.41, 5.74) is 1.06. The van der Waals surface area contributed by atoms with Crippen molar-refractivity contribution in [3.05, 3.63) is 35.0 Å². The molecule has 23 heavy (non-hydrogen) atoms. The molecule has 3 rings (SSSR count). The predicted octanol–water partition coefficient (Wildman–Crippen LogP) is 1.69. The molecule has 1 aliphatic rings. The van der Waals surface area contributed by atoms with Crippen molar-refractivity contribution < 1.29 is 14.4 Å². The molecule has 2 heterocycles. The van der Waals surface area contributed by atoms with Crippen LogP contribution in [0, 0.1) is 0 Å². The fourth-order valence-electron chi connectivity index (χ4n) is 2.77. The Labute approximate surface area is 138 Å². The van der Waals surface area contributed by atoms with Gasteiger partial charge >= 0.3 is 0 Å². The Bertz CT molecular complexity index is 791. The number of Topliss-reactive ketones (excluding diaryl/α,β-unsaturated/α-hetero) is 1. The van der Waals surface area contributed by atoms with Gasteiger partial charge in [-0.25, -0.2) is 0 Å². The fourth-order valence-corrected chi connectivity index (χ4v) is 2.94. The molecule has 1 aliphatic heterocycles. The van der Waals surface area contributed by atoms with E-state index < -0.39 is 11.7 Å². The Hall–Kier alpha value is -2.34. The molecule has 1 aromatic heterocycles. The molecule has 0 atom stereocenters. The molecular formula is C16H16ClN3O3. The van der Waals surface area contributed by atoms with E-state index >= 15 is 0 Å². The molecule has 0 spiro atoms. The molecule has 1 N–H and O–H groups in total. The molecule has 6 nitrogen and oxygen atoms in total. The highest BCUT2D eigenvalue weighted by Gasteiger charge is 2.28. The van der Waals surface area contributed by atoms with Crippen molar-refractivity contribution in [2.24, 2.45) is 0 Å². The van der Waals surface area contributed by atoms with Gasteiger partial charge in [0.2, 0.25) is 5.91 Å². The van der Waals surface area contributed by atoms with E-state index in [4.69, 9.17) is 11.6 Å². The molecule has 1 saturated heterocycles. The van der Waals surface area contributed by atoms with Gasteiger partial charge in [0, 0.05) is 55.2 Å². The lowest BCUT2D eigenvalue weighted by Crippen LogP contribution is -2.51. The number of carbonyl (C=O) groups is 3. The van der Waals surface area contributed by atoms with E-state index in [0.29, 0.717) is 42.2 Å². The zero-order valence-corrected chi connectivity index (χ0v) is 13.4. The largest absolute Gasteiger partial charge is 0.360 e. The number of hydrogen-bond donors (Lipinski definition) is 1. The third kappa shape index (κ3) is 2.94. The van der Waals surface area contributed by atoms with Crippen molar-refractivity contribution in [3.8, 4) is 0 Å². The van der Waals surface area contributed by atoms with Crippen molar-refractivity contribution in [1.29, 1.82) is 0 Å². The molecule has 7 heteroatoms. The van der Waals surface area contributed by atoms with Gasteiger partial charge in [-0.1, -0.05) is 17.7 Å². The second-order valence-corrected chi connectivity index (χ2v) is 5.96. The van der Waals surface area contributed by atoms with Gasteiger partial charge in [-0.05, 0) is 12.1 Å². The first-order valence-electron chi connectivity index (χ1n) is 7.33. The average molecular weight is 334 g/mol. The van der Waals surface area contributed by atoms with Gasteiger partial charge in [0.05, 0.1) is 5.56 Å². The van der Waals surface area contributed by atoms with Crippen LogP contribution in [0.5, 0.6) is 0 Å². The number of ketones is 1. The summed E-state index contributed by atoms with van der Waals surface area (Å²) < 4.78 is 0. The van der Waals surface area contributed by atoms with Gasteiger partial charge in [0.1, 0.15) is 0 Å². The molecule has 1 aromatic carbocycles. The molecule has 2 amide bonds. The number of aromatic nitrogens is 1. The standard InChI is InChI=1S/C16H16ClN3O3/c1-10(21)19-4-6-20(7-5-19)16(23)15(22)13-9-18-14-8-11(17)2-3-12(13)14/h2-3,8-9,18H,4-7H2,1H3. The van der Waals surface area contributed by atoms with E-state index in [2.05, 4.69) is 4.98 Å². The summed E-state index contributed by atoms with van der Waals surface area (Å²) in [5.74, 6) is -1.10. The maximum atomic E-state index is 12.5. The number of benzene rings is 1. The number of nitrogens with zero attached hydrogens (tertiary/aromatic N) is 2. The lowest BCUT2D eigenvalue weighted by Gasteiger charge is -2.33. The summed E-state index contributed by atoms with van der Waals surface area (Å²) >= 11 is 5.92. The van der Waals surface area contributed by atoms with Crippen LogP contribution < -0.4 is 0 Å². The topological polar surface area (TPSA) is 73.5 Å². The Morgan fingerprint density at radius 2 is 1.74 bits per heavy atom. The zero-order valence-electron chi connectivity index (χ0n) is 12.6. The van der Waals surface area contributed by atoms with Gasteiger partial charge in [0.25, 0.3) is 11.7 Å². The third-order valence-corrected chi connectivity index (χ3v) is 4.33. The third-order valence-electron chi connectivity index (χ3n) is 4.09. The van der Waals surface area contributed by atoms with E-state index in [1.54, 1.807) is 23.1 Å². The molecule has 0 unspecified atom stereocenters. The van der Waals surface area contributed by atoms with E-state index in [9.17, 15) is 14.4 Å². The Morgan fingerprint density at radius 3 is 2.39 bits per heavy atom. The number of nitrogens with one attached hydrogen (secondary N) is 1. The predicted molar refractivity (Wildman–Crippen MR) is 86.5 cm³/mol. The summed E-state index contributed by atoms with van der Waals surface area (Å²) in [4.78, 5) is 42.3. The first-order valence-corrected chi connectivity index (χ1v) is 7.71.